The number of halogens is 3. The van der Waals surface area contributed by atoms with Crippen molar-refractivity contribution in [2.45, 2.75) is 12.6 Å². The predicted octanol–water partition coefficient (Wildman–Crippen LogP) is 4.36. The van der Waals surface area contributed by atoms with Gasteiger partial charge in [-0.2, -0.15) is 23.1 Å². The zero-order valence-corrected chi connectivity index (χ0v) is 15.0. The van der Waals surface area contributed by atoms with E-state index in [1.165, 1.54) is 0 Å². The highest BCUT2D eigenvalue weighted by molar-refractivity contribution is 6.09. The molecule has 4 rings (SSSR count). The molecule has 30 heavy (non-hydrogen) atoms. The van der Waals surface area contributed by atoms with Gasteiger partial charge in [-0.25, -0.2) is 4.99 Å². The Morgan fingerprint density at radius 2 is 1.77 bits per heavy atom. The molecule has 0 saturated heterocycles. The number of hydrogen-bond donors (Lipinski definition) is 1. The van der Waals surface area contributed by atoms with E-state index in [1.807, 2.05) is 0 Å². The number of rotatable bonds is 4. The monoisotopic (exact) mass is 412 g/mol. The average Bonchev–Trinajstić information content (AvgIpc) is 3.07. The first-order valence-corrected chi connectivity index (χ1v) is 8.51. The molecule has 0 saturated carbocycles. The Labute approximate surface area is 167 Å². The molecule has 1 aromatic carbocycles. The van der Waals surface area contributed by atoms with Crippen molar-refractivity contribution in [2.24, 2.45) is 4.99 Å². The molecule has 3 aromatic rings. The summed E-state index contributed by atoms with van der Waals surface area (Å²) in [6.07, 6.45) is -2.54. The Hall–Kier alpha value is -4.20. The number of nitriles is 1. The molecule has 1 aliphatic rings. The summed E-state index contributed by atoms with van der Waals surface area (Å²) < 4.78 is 45.2. The van der Waals surface area contributed by atoms with Crippen molar-refractivity contribution in [2.75, 3.05) is 5.32 Å². The largest absolute Gasteiger partial charge is 0.457 e. The number of fused-ring (bicyclic) bond motifs is 1. The molecule has 0 fully saturated rings. The van der Waals surface area contributed by atoms with E-state index in [1.54, 1.807) is 54.9 Å². The first-order valence-electron chi connectivity index (χ1n) is 8.51. The van der Waals surface area contributed by atoms with Gasteiger partial charge in [-0.1, -0.05) is 0 Å². The van der Waals surface area contributed by atoms with Crippen LogP contribution in [0.4, 0.5) is 30.5 Å². The van der Waals surface area contributed by atoms with Gasteiger partial charge in [-0.15, -0.1) is 5.10 Å². The third-order valence-electron chi connectivity index (χ3n) is 4.10. The lowest BCUT2D eigenvalue weighted by atomic mass is 10.2. The van der Waals surface area contributed by atoms with Crippen LogP contribution in [0.3, 0.4) is 0 Å². The first-order chi connectivity index (χ1) is 14.3. The molecule has 0 radical (unpaired) electrons. The van der Waals surface area contributed by atoms with Crippen LogP contribution in [0, 0.1) is 11.3 Å². The Morgan fingerprint density at radius 3 is 2.40 bits per heavy atom. The molecule has 2 aromatic heterocycles. The number of aromatic nitrogens is 3. The number of nitrogens with zero attached hydrogens (tertiary/aromatic N) is 5. The lowest BCUT2D eigenvalue weighted by molar-refractivity contribution is -0.0604. The van der Waals surface area contributed by atoms with Gasteiger partial charge in [0, 0.05) is 18.1 Å². The quantitative estimate of drug-likeness (QED) is 0.682. The van der Waals surface area contributed by atoms with Gasteiger partial charge in [0.25, 0.3) is 5.91 Å². The lowest BCUT2D eigenvalue weighted by Crippen LogP contribution is -2.31. The van der Waals surface area contributed by atoms with E-state index >= 15 is 0 Å². The summed E-state index contributed by atoms with van der Waals surface area (Å²) in [4.78, 5) is 19.4. The van der Waals surface area contributed by atoms with Gasteiger partial charge in [-0.3, -0.25) is 9.78 Å². The van der Waals surface area contributed by atoms with Crippen molar-refractivity contribution in [3.63, 3.8) is 0 Å². The van der Waals surface area contributed by atoms with Gasteiger partial charge in [-0.05, 0) is 36.4 Å². The van der Waals surface area contributed by atoms with Gasteiger partial charge in [0.1, 0.15) is 28.8 Å². The van der Waals surface area contributed by atoms with Gasteiger partial charge >= 0.3 is 6.18 Å². The maximum Gasteiger partial charge on any atom is 0.430 e. The Bertz CT molecular complexity index is 1180. The molecular formula is C19H11F3N6O2. The molecule has 0 aliphatic carbocycles. The van der Waals surface area contributed by atoms with Crippen LogP contribution < -0.4 is 10.1 Å². The van der Waals surface area contributed by atoms with E-state index in [4.69, 9.17) is 4.74 Å². The van der Waals surface area contributed by atoms with Crippen LogP contribution in [0.1, 0.15) is 16.8 Å². The van der Waals surface area contributed by atoms with Crippen molar-refractivity contribution in [1.29, 1.82) is 5.26 Å². The van der Waals surface area contributed by atoms with Crippen LogP contribution in [-0.4, -0.2) is 32.6 Å². The lowest BCUT2D eigenvalue weighted by Gasteiger charge is -2.14. The molecule has 8 nitrogen and oxygen atoms in total. The van der Waals surface area contributed by atoms with E-state index in [-0.39, 0.29) is 11.4 Å². The molecule has 0 atom stereocenters. The summed E-state index contributed by atoms with van der Waals surface area (Å²) in [5, 5.41) is 16.1. The highest BCUT2D eigenvalue weighted by Gasteiger charge is 2.41. The Morgan fingerprint density at radius 1 is 1.10 bits per heavy atom. The van der Waals surface area contributed by atoms with Crippen LogP contribution in [-0.2, 0) is 0 Å². The number of aliphatic imine (C=N–C) groups is 1. The predicted molar refractivity (Wildman–Crippen MR) is 99.4 cm³/mol. The highest BCUT2D eigenvalue weighted by Crippen LogP contribution is 2.34. The van der Waals surface area contributed by atoms with Crippen molar-refractivity contribution in [3.8, 4) is 17.6 Å². The molecule has 1 aliphatic heterocycles. The molecule has 0 spiro atoms. The zero-order valence-electron chi connectivity index (χ0n) is 15.0. The second-order valence-electron chi connectivity index (χ2n) is 6.13. The van der Waals surface area contributed by atoms with Gasteiger partial charge in [0.05, 0.1) is 6.42 Å². The highest BCUT2D eigenvalue weighted by atomic mass is 19.4. The maximum atomic E-state index is 13.0. The number of pyridine rings is 1. The molecule has 1 N–H and O–H groups in total. The normalized spacial score (nSPS) is 13.3. The van der Waals surface area contributed by atoms with Crippen LogP contribution in [0.2, 0.25) is 0 Å². The molecule has 3 heterocycles. The van der Waals surface area contributed by atoms with E-state index in [0.717, 1.165) is 0 Å². The van der Waals surface area contributed by atoms with Crippen LogP contribution in [0.15, 0.2) is 53.8 Å². The van der Waals surface area contributed by atoms with Crippen molar-refractivity contribution >= 4 is 28.9 Å². The summed E-state index contributed by atoms with van der Waals surface area (Å²) in [5.41, 5.74) is -1.04. The Kier molecular flexibility index (Phi) is 4.67. The standard InChI is InChI=1S/C19H11F3N6O2/c20-19(21,22)15-9-16(29)28-18(26-15)14(10-23)17(27-28)25-11-1-3-12(4-2-11)30-13-5-7-24-8-6-13/h1-8H,9H2,(H,25,27). The fourth-order valence-corrected chi connectivity index (χ4v) is 2.71. The van der Waals surface area contributed by atoms with E-state index < -0.39 is 30.0 Å². The van der Waals surface area contributed by atoms with Gasteiger partial charge in [0.15, 0.2) is 11.6 Å². The number of hydrogen-bond acceptors (Lipinski definition) is 7. The minimum atomic E-state index is -4.77. The number of anilines is 2. The number of carbonyl (C=O) groups excluding carboxylic acids is 1. The molecule has 150 valence electrons. The molecule has 0 bridgehead atoms. The van der Waals surface area contributed by atoms with E-state index in [9.17, 15) is 23.2 Å². The topological polar surface area (TPSA) is 105 Å². The summed E-state index contributed by atoms with van der Waals surface area (Å²) in [7, 11) is 0. The van der Waals surface area contributed by atoms with Crippen molar-refractivity contribution in [3.05, 3.63) is 54.4 Å². The van der Waals surface area contributed by atoms with Crippen LogP contribution >= 0.6 is 0 Å². The molecule has 0 amide bonds. The SMILES string of the molecule is N#Cc1c(Nc2ccc(Oc3ccncc3)cc2)nn2c1N=C(C(F)(F)F)CC2=O. The Balaban J connectivity index is 1.60. The minimum Gasteiger partial charge on any atom is -0.457 e. The average molecular weight is 412 g/mol. The number of nitrogens with one attached hydrogen (secondary N) is 1. The van der Waals surface area contributed by atoms with Gasteiger partial charge < -0.3 is 10.1 Å². The smallest absolute Gasteiger partial charge is 0.430 e. The van der Waals surface area contributed by atoms with Crippen LogP contribution in [0.5, 0.6) is 11.5 Å². The summed E-state index contributed by atoms with van der Waals surface area (Å²) >= 11 is 0. The van der Waals surface area contributed by atoms with Crippen molar-refractivity contribution < 1.29 is 22.7 Å². The van der Waals surface area contributed by atoms with E-state index in [2.05, 4.69) is 20.4 Å². The van der Waals surface area contributed by atoms with Gasteiger partial charge in [0.2, 0.25) is 0 Å². The minimum absolute atomic E-state index is 0.0733. The molecule has 0 unspecified atom stereocenters. The summed E-state index contributed by atoms with van der Waals surface area (Å²) in [5.74, 6) is -0.308. The molecule has 11 heteroatoms. The molecular weight excluding hydrogens is 401 g/mol. The van der Waals surface area contributed by atoms with E-state index in [0.29, 0.717) is 21.9 Å². The third-order valence-corrected chi connectivity index (χ3v) is 4.10. The fourth-order valence-electron chi connectivity index (χ4n) is 2.71. The second kappa shape index (κ2) is 7.32. The number of alkyl halides is 3. The zero-order chi connectivity index (χ0) is 21.3. The number of ether oxygens (including phenoxy) is 1. The third kappa shape index (κ3) is 3.70. The summed E-state index contributed by atoms with van der Waals surface area (Å²) in [6, 6.07) is 11.7. The summed E-state index contributed by atoms with van der Waals surface area (Å²) in [6.45, 7) is 0. The maximum absolute atomic E-state index is 13.0. The van der Waals surface area contributed by atoms with Crippen LogP contribution in [0.25, 0.3) is 0 Å². The number of carbonyl (C=O) groups is 1. The fraction of sp³-hybridized carbons (Fsp3) is 0.105. The second-order valence-corrected chi connectivity index (χ2v) is 6.13. The number of benzene rings is 1. The van der Waals surface area contributed by atoms with Crippen molar-refractivity contribution in [1.82, 2.24) is 14.8 Å². The first kappa shape index (κ1) is 19.1.